The number of carbonyl (C=O) groups excluding carboxylic acids is 1. The van der Waals surface area contributed by atoms with Gasteiger partial charge in [0, 0.05) is 19.6 Å². The maximum atomic E-state index is 13.6. The third-order valence-corrected chi connectivity index (χ3v) is 4.67. The smallest absolute Gasteiger partial charge is 0.257 e. The van der Waals surface area contributed by atoms with Crippen molar-refractivity contribution in [3.63, 3.8) is 0 Å². The van der Waals surface area contributed by atoms with Gasteiger partial charge in [-0.15, -0.1) is 0 Å². The topological polar surface area (TPSA) is 32.3 Å². The molecule has 0 unspecified atom stereocenters. The normalized spacial score (nSPS) is 17.6. The summed E-state index contributed by atoms with van der Waals surface area (Å²) in [5.74, 6) is -2.02. The van der Waals surface area contributed by atoms with Crippen LogP contribution in [-0.4, -0.2) is 37.0 Å². The van der Waals surface area contributed by atoms with Gasteiger partial charge in [0.15, 0.2) is 0 Å². The minimum Gasteiger partial charge on any atom is -0.352 e. The molecule has 25 heavy (non-hydrogen) atoms. The summed E-state index contributed by atoms with van der Waals surface area (Å²) < 4.78 is 27.2. The van der Waals surface area contributed by atoms with E-state index in [1.807, 2.05) is 18.2 Å². The van der Waals surface area contributed by atoms with E-state index in [-0.39, 0.29) is 0 Å². The highest BCUT2D eigenvalue weighted by atomic mass is 19.1. The zero-order valence-corrected chi connectivity index (χ0v) is 14.1. The highest BCUT2D eigenvalue weighted by Crippen LogP contribution is 2.17. The van der Waals surface area contributed by atoms with Gasteiger partial charge in [-0.2, -0.15) is 0 Å². The molecule has 0 aliphatic carbocycles. The molecule has 1 aliphatic rings. The van der Waals surface area contributed by atoms with Gasteiger partial charge < -0.3 is 10.2 Å². The van der Waals surface area contributed by atoms with E-state index >= 15 is 0 Å². The Hall–Kier alpha value is -2.27. The van der Waals surface area contributed by atoms with E-state index in [9.17, 15) is 13.6 Å². The zero-order chi connectivity index (χ0) is 17.6. The van der Waals surface area contributed by atoms with Crippen molar-refractivity contribution in [2.24, 2.45) is 5.92 Å². The second-order valence-electron chi connectivity index (χ2n) is 6.50. The van der Waals surface area contributed by atoms with E-state index in [0.29, 0.717) is 12.5 Å². The predicted molar refractivity (Wildman–Crippen MR) is 93.4 cm³/mol. The Morgan fingerprint density at radius 2 is 1.80 bits per heavy atom. The molecule has 2 aromatic carbocycles. The Morgan fingerprint density at radius 3 is 2.52 bits per heavy atom. The lowest BCUT2D eigenvalue weighted by molar-refractivity contribution is 0.0939. The lowest BCUT2D eigenvalue weighted by Crippen LogP contribution is -2.32. The van der Waals surface area contributed by atoms with Crippen molar-refractivity contribution in [3.8, 4) is 0 Å². The summed E-state index contributed by atoms with van der Waals surface area (Å²) in [4.78, 5) is 14.4. The maximum Gasteiger partial charge on any atom is 0.257 e. The fourth-order valence-corrected chi connectivity index (χ4v) is 3.25. The van der Waals surface area contributed by atoms with E-state index in [0.717, 1.165) is 44.6 Å². The van der Waals surface area contributed by atoms with Crippen molar-refractivity contribution >= 4 is 5.91 Å². The molecule has 1 fully saturated rings. The van der Waals surface area contributed by atoms with E-state index in [4.69, 9.17) is 0 Å². The van der Waals surface area contributed by atoms with E-state index in [2.05, 4.69) is 22.3 Å². The van der Waals surface area contributed by atoms with Gasteiger partial charge in [-0.25, -0.2) is 8.78 Å². The van der Waals surface area contributed by atoms with Gasteiger partial charge in [-0.3, -0.25) is 4.79 Å². The van der Waals surface area contributed by atoms with Crippen LogP contribution in [0.4, 0.5) is 8.78 Å². The number of nitrogens with one attached hydrogen (secondary N) is 1. The summed E-state index contributed by atoms with van der Waals surface area (Å²) >= 11 is 0. The van der Waals surface area contributed by atoms with Crippen LogP contribution in [-0.2, 0) is 6.42 Å². The Morgan fingerprint density at radius 1 is 1.08 bits per heavy atom. The first-order chi connectivity index (χ1) is 12.1. The lowest BCUT2D eigenvalue weighted by atomic mass is 10.1. The predicted octanol–water partition coefficient (Wildman–Crippen LogP) is 3.26. The third kappa shape index (κ3) is 4.63. The van der Waals surface area contributed by atoms with Crippen molar-refractivity contribution in [3.05, 3.63) is 71.3 Å². The summed E-state index contributed by atoms with van der Waals surface area (Å²) in [6.07, 6.45) is 1.98. The van der Waals surface area contributed by atoms with Crippen LogP contribution < -0.4 is 5.32 Å². The molecule has 3 nitrogen and oxygen atoms in total. The largest absolute Gasteiger partial charge is 0.352 e. The second kappa shape index (κ2) is 8.21. The summed E-state index contributed by atoms with van der Waals surface area (Å²) in [7, 11) is 0. The van der Waals surface area contributed by atoms with Gasteiger partial charge in [0.2, 0.25) is 0 Å². The Bertz CT molecular complexity index is 701. The molecular weight excluding hydrogens is 322 g/mol. The molecule has 1 heterocycles. The van der Waals surface area contributed by atoms with Gasteiger partial charge in [-0.05, 0) is 43.0 Å². The van der Waals surface area contributed by atoms with Crippen LogP contribution in [0.2, 0.25) is 0 Å². The molecule has 0 saturated carbocycles. The Kier molecular flexibility index (Phi) is 5.76. The van der Waals surface area contributed by atoms with Gasteiger partial charge in [0.05, 0.1) is 0 Å². The van der Waals surface area contributed by atoms with Crippen molar-refractivity contribution < 1.29 is 13.6 Å². The van der Waals surface area contributed by atoms with Gasteiger partial charge in [-0.1, -0.05) is 36.4 Å². The average Bonchev–Trinajstić information content (AvgIpc) is 3.07. The average molecular weight is 344 g/mol. The first-order valence-electron chi connectivity index (χ1n) is 8.62. The number of nitrogens with zero attached hydrogens (tertiary/aromatic N) is 1. The molecular formula is C20H22F2N2O. The monoisotopic (exact) mass is 344 g/mol. The lowest BCUT2D eigenvalue weighted by Gasteiger charge is -2.16. The Labute approximate surface area is 146 Å². The number of amides is 1. The minimum atomic E-state index is -0.826. The third-order valence-electron chi connectivity index (χ3n) is 4.67. The summed E-state index contributed by atoms with van der Waals surface area (Å²) in [5.41, 5.74) is 0.815. The molecule has 0 bridgehead atoms. The Balaban J connectivity index is 1.45. The van der Waals surface area contributed by atoms with Crippen molar-refractivity contribution in [2.75, 3.05) is 26.2 Å². The molecule has 1 aliphatic heterocycles. The van der Waals surface area contributed by atoms with Crippen molar-refractivity contribution in [2.45, 2.75) is 12.8 Å². The molecule has 1 saturated heterocycles. The molecule has 5 heteroatoms. The summed E-state index contributed by atoms with van der Waals surface area (Å²) in [5, 5.41) is 2.67. The fourth-order valence-electron chi connectivity index (χ4n) is 3.25. The highest BCUT2D eigenvalue weighted by Gasteiger charge is 2.24. The first kappa shape index (κ1) is 17.5. The summed E-state index contributed by atoms with van der Waals surface area (Å²) in [6, 6.07) is 13.8. The van der Waals surface area contributed by atoms with Gasteiger partial charge in [0.25, 0.3) is 5.91 Å². The SMILES string of the molecule is O=C(NC[C@H]1CCN(CCc2ccccc2)C1)c1c(F)cccc1F. The van der Waals surface area contributed by atoms with Gasteiger partial charge >= 0.3 is 0 Å². The van der Waals surface area contributed by atoms with Crippen LogP contribution >= 0.6 is 0 Å². The number of halogens is 2. The number of hydrogen-bond donors (Lipinski definition) is 1. The number of likely N-dealkylation sites (tertiary alicyclic amines) is 1. The van der Waals surface area contributed by atoms with Crippen LogP contribution in [0.3, 0.4) is 0 Å². The number of carbonyl (C=O) groups is 1. The standard InChI is InChI=1S/C20H22F2N2O/c21-17-7-4-8-18(22)19(17)20(25)23-13-16-10-12-24(14-16)11-9-15-5-2-1-3-6-15/h1-8,16H,9-14H2,(H,23,25)/t16-/m1/s1. The molecule has 0 spiro atoms. The van der Waals surface area contributed by atoms with E-state index < -0.39 is 23.1 Å². The molecule has 1 amide bonds. The van der Waals surface area contributed by atoms with E-state index in [1.165, 1.54) is 11.6 Å². The van der Waals surface area contributed by atoms with Gasteiger partial charge in [0.1, 0.15) is 17.2 Å². The molecule has 1 atom stereocenters. The zero-order valence-electron chi connectivity index (χ0n) is 14.1. The fraction of sp³-hybridized carbons (Fsp3) is 0.350. The molecule has 2 aromatic rings. The molecule has 0 aromatic heterocycles. The van der Waals surface area contributed by atoms with Crippen LogP contribution in [0.5, 0.6) is 0 Å². The number of hydrogen-bond acceptors (Lipinski definition) is 2. The van der Waals surface area contributed by atoms with E-state index in [1.54, 1.807) is 0 Å². The number of benzene rings is 2. The first-order valence-corrected chi connectivity index (χ1v) is 8.62. The second-order valence-corrected chi connectivity index (χ2v) is 6.50. The molecule has 0 radical (unpaired) electrons. The summed E-state index contributed by atoms with van der Waals surface area (Å²) in [6.45, 7) is 3.30. The van der Waals surface area contributed by atoms with Crippen LogP contribution in [0, 0.1) is 17.6 Å². The highest BCUT2D eigenvalue weighted by molar-refractivity contribution is 5.94. The maximum absolute atomic E-state index is 13.6. The van der Waals surface area contributed by atoms with Crippen molar-refractivity contribution in [1.82, 2.24) is 10.2 Å². The quantitative estimate of drug-likeness (QED) is 0.872. The number of rotatable bonds is 6. The molecule has 132 valence electrons. The molecule has 1 N–H and O–H groups in total. The molecule has 3 rings (SSSR count). The van der Waals surface area contributed by atoms with Crippen LogP contribution in [0.1, 0.15) is 22.3 Å². The minimum absolute atomic E-state index is 0.314. The van der Waals surface area contributed by atoms with Crippen LogP contribution in [0.15, 0.2) is 48.5 Å². The van der Waals surface area contributed by atoms with Crippen molar-refractivity contribution in [1.29, 1.82) is 0 Å². The van der Waals surface area contributed by atoms with Crippen LogP contribution in [0.25, 0.3) is 0 Å².